The van der Waals surface area contributed by atoms with Gasteiger partial charge in [-0.05, 0) is 36.4 Å². The number of halogens is 3. The van der Waals surface area contributed by atoms with E-state index >= 15 is 4.39 Å². The van der Waals surface area contributed by atoms with Gasteiger partial charge in [-0.2, -0.15) is 0 Å². The van der Waals surface area contributed by atoms with Crippen molar-refractivity contribution in [1.82, 2.24) is 15.0 Å². The number of pyridine rings is 1. The zero-order valence-electron chi connectivity index (χ0n) is 14.2. The Morgan fingerprint density at radius 1 is 0.889 bits per heavy atom. The Morgan fingerprint density at radius 2 is 1.70 bits per heavy atom. The maximum Gasteiger partial charge on any atom is 0.180 e. The van der Waals surface area contributed by atoms with E-state index in [9.17, 15) is 8.78 Å². The minimum Gasteiger partial charge on any atom is -0.372 e. The maximum absolute atomic E-state index is 15.2. The first-order valence-electron chi connectivity index (χ1n) is 8.13. The van der Waals surface area contributed by atoms with Crippen molar-refractivity contribution in [2.45, 2.75) is 0 Å². The van der Waals surface area contributed by atoms with E-state index in [0.717, 1.165) is 12.1 Å². The van der Waals surface area contributed by atoms with Gasteiger partial charge in [-0.25, -0.2) is 23.1 Å². The van der Waals surface area contributed by atoms with Crippen molar-refractivity contribution in [1.29, 1.82) is 0 Å². The van der Waals surface area contributed by atoms with Gasteiger partial charge in [0.1, 0.15) is 29.0 Å². The summed E-state index contributed by atoms with van der Waals surface area (Å²) in [6.07, 6.45) is 1.61. The topological polar surface area (TPSA) is 50.7 Å². The fourth-order valence-electron chi connectivity index (χ4n) is 2.89. The van der Waals surface area contributed by atoms with Gasteiger partial charge in [0, 0.05) is 30.4 Å². The lowest BCUT2D eigenvalue weighted by Gasteiger charge is -2.12. The van der Waals surface area contributed by atoms with E-state index in [2.05, 4.69) is 20.3 Å². The zero-order chi connectivity index (χ0) is 19.0. The molecule has 0 aliphatic rings. The van der Waals surface area contributed by atoms with Crippen LogP contribution in [0.15, 0.2) is 54.7 Å². The number of hydrogen-bond donors (Lipinski definition) is 1. The number of aromatic nitrogens is 3. The highest BCUT2D eigenvalue weighted by Gasteiger charge is 2.18. The van der Waals surface area contributed by atoms with E-state index in [1.54, 1.807) is 37.5 Å². The summed E-state index contributed by atoms with van der Waals surface area (Å²) >= 11 is 0. The second-order valence-electron chi connectivity index (χ2n) is 5.81. The quantitative estimate of drug-likeness (QED) is 0.565. The van der Waals surface area contributed by atoms with Gasteiger partial charge in [-0.1, -0.05) is 6.07 Å². The minimum atomic E-state index is -0.842. The molecule has 4 aromatic rings. The fraction of sp³-hybridized carbons (Fsp3) is 0.0500. The molecule has 2 aromatic carbocycles. The van der Waals surface area contributed by atoms with Gasteiger partial charge in [0.05, 0.1) is 10.9 Å². The molecule has 0 amide bonds. The summed E-state index contributed by atoms with van der Waals surface area (Å²) in [7, 11) is 1.61. The summed E-state index contributed by atoms with van der Waals surface area (Å²) in [5.41, 5.74) is 0.862. The van der Waals surface area contributed by atoms with Gasteiger partial charge in [0.25, 0.3) is 0 Å². The molecular weight excluding hydrogens is 353 g/mol. The van der Waals surface area contributed by atoms with Crippen LogP contribution >= 0.6 is 0 Å². The number of hydrogen-bond acceptors (Lipinski definition) is 4. The van der Waals surface area contributed by atoms with Crippen molar-refractivity contribution < 1.29 is 13.2 Å². The lowest BCUT2D eigenvalue weighted by Crippen LogP contribution is -2.02. The van der Waals surface area contributed by atoms with E-state index in [1.165, 1.54) is 12.1 Å². The van der Waals surface area contributed by atoms with Gasteiger partial charge in [0.2, 0.25) is 0 Å². The molecule has 0 bridgehead atoms. The number of rotatable bonds is 3. The van der Waals surface area contributed by atoms with Crippen LogP contribution in [0.3, 0.4) is 0 Å². The molecule has 0 spiro atoms. The van der Waals surface area contributed by atoms with Gasteiger partial charge >= 0.3 is 0 Å². The molecule has 0 saturated carbocycles. The molecule has 0 radical (unpaired) electrons. The van der Waals surface area contributed by atoms with Crippen molar-refractivity contribution in [3.63, 3.8) is 0 Å². The van der Waals surface area contributed by atoms with Crippen LogP contribution in [0.25, 0.3) is 33.5 Å². The van der Waals surface area contributed by atoms with E-state index in [4.69, 9.17) is 0 Å². The van der Waals surface area contributed by atoms with E-state index in [0.29, 0.717) is 17.0 Å². The molecule has 0 fully saturated rings. The minimum absolute atomic E-state index is 0.00526. The molecule has 0 aliphatic heterocycles. The largest absolute Gasteiger partial charge is 0.372 e. The molecular formula is C20H13F3N4. The van der Waals surface area contributed by atoms with Crippen LogP contribution < -0.4 is 5.32 Å². The summed E-state index contributed by atoms with van der Waals surface area (Å²) in [5.74, 6) is -1.66. The average molecular weight is 366 g/mol. The highest BCUT2D eigenvalue weighted by atomic mass is 19.1. The van der Waals surface area contributed by atoms with Crippen LogP contribution in [0.2, 0.25) is 0 Å². The Labute approximate surface area is 152 Å². The number of benzene rings is 2. The van der Waals surface area contributed by atoms with Gasteiger partial charge in [-0.15, -0.1) is 0 Å². The zero-order valence-corrected chi connectivity index (χ0v) is 14.2. The Bertz CT molecular complexity index is 1150. The average Bonchev–Trinajstić information content (AvgIpc) is 2.69. The van der Waals surface area contributed by atoms with Crippen LogP contribution in [-0.2, 0) is 0 Å². The second kappa shape index (κ2) is 6.68. The normalized spacial score (nSPS) is 11.0. The third kappa shape index (κ3) is 2.97. The summed E-state index contributed by atoms with van der Waals surface area (Å²) in [6.45, 7) is 0. The maximum atomic E-state index is 15.2. The smallest absolute Gasteiger partial charge is 0.180 e. The van der Waals surface area contributed by atoms with Crippen molar-refractivity contribution in [3.05, 3.63) is 72.2 Å². The third-order valence-corrected chi connectivity index (χ3v) is 4.15. The molecule has 4 nitrogen and oxygen atoms in total. The molecule has 27 heavy (non-hydrogen) atoms. The Hall–Kier alpha value is -3.48. The first kappa shape index (κ1) is 17.0. The molecule has 4 rings (SSSR count). The second-order valence-corrected chi connectivity index (χ2v) is 5.81. The standard InChI is InChI=1S/C20H13F3N4/c1-24-20-17-15(26-19(27-20)16-4-2-3-9-25-16)8-7-13(18(17)23)12-6-5-11(21)10-14(12)22/h2-10H,1H3,(H,24,26,27). The molecule has 0 saturated heterocycles. The lowest BCUT2D eigenvalue weighted by molar-refractivity contribution is 0.583. The molecule has 1 N–H and O–H groups in total. The molecule has 2 heterocycles. The van der Waals surface area contributed by atoms with Crippen LogP contribution in [-0.4, -0.2) is 22.0 Å². The molecule has 0 aliphatic carbocycles. The summed E-state index contributed by atoms with van der Waals surface area (Å²) in [4.78, 5) is 12.9. The number of nitrogens with one attached hydrogen (secondary N) is 1. The number of fused-ring (bicyclic) bond motifs is 1. The van der Waals surface area contributed by atoms with Crippen LogP contribution in [0.1, 0.15) is 0 Å². The first-order valence-corrected chi connectivity index (χ1v) is 8.13. The van der Waals surface area contributed by atoms with Gasteiger partial charge in [0.15, 0.2) is 5.82 Å². The Morgan fingerprint density at radius 3 is 2.41 bits per heavy atom. The van der Waals surface area contributed by atoms with Crippen LogP contribution in [0, 0.1) is 17.5 Å². The highest BCUT2D eigenvalue weighted by Crippen LogP contribution is 2.34. The molecule has 7 heteroatoms. The van der Waals surface area contributed by atoms with Crippen LogP contribution in [0.4, 0.5) is 19.0 Å². The lowest BCUT2D eigenvalue weighted by atomic mass is 10.0. The summed E-state index contributed by atoms with van der Waals surface area (Å²) in [6, 6.07) is 11.3. The Kier molecular flexibility index (Phi) is 4.19. The summed E-state index contributed by atoms with van der Waals surface area (Å²) in [5, 5.41) is 2.97. The predicted molar refractivity (Wildman–Crippen MR) is 97.6 cm³/mol. The summed E-state index contributed by atoms with van der Waals surface area (Å²) < 4.78 is 42.5. The monoisotopic (exact) mass is 366 g/mol. The first-order chi connectivity index (χ1) is 13.1. The molecule has 134 valence electrons. The van der Waals surface area contributed by atoms with Crippen molar-refractivity contribution in [2.24, 2.45) is 0 Å². The molecule has 0 unspecified atom stereocenters. The third-order valence-electron chi connectivity index (χ3n) is 4.15. The van der Waals surface area contributed by atoms with Crippen molar-refractivity contribution in [2.75, 3.05) is 12.4 Å². The molecule has 2 aromatic heterocycles. The number of anilines is 1. The van der Waals surface area contributed by atoms with E-state index in [1.807, 2.05) is 0 Å². The SMILES string of the molecule is CNc1nc(-c2ccccn2)nc2ccc(-c3ccc(F)cc3F)c(F)c12. The highest BCUT2D eigenvalue weighted by molar-refractivity contribution is 5.94. The van der Waals surface area contributed by atoms with Crippen LogP contribution in [0.5, 0.6) is 0 Å². The van der Waals surface area contributed by atoms with E-state index < -0.39 is 17.5 Å². The Balaban J connectivity index is 1.95. The van der Waals surface area contributed by atoms with Gasteiger partial charge in [-0.3, -0.25) is 4.98 Å². The number of nitrogens with zero attached hydrogens (tertiary/aromatic N) is 3. The van der Waals surface area contributed by atoms with Gasteiger partial charge < -0.3 is 5.32 Å². The van der Waals surface area contributed by atoms with Crippen molar-refractivity contribution in [3.8, 4) is 22.6 Å². The van der Waals surface area contributed by atoms with E-state index in [-0.39, 0.29) is 22.3 Å². The van der Waals surface area contributed by atoms with Crippen molar-refractivity contribution >= 4 is 16.7 Å². The fourth-order valence-corrected chi connectivity index (χ4v) is 2.89. The molecule has 0 atom stereocenters. The predicted octanol–water partition coefficient (Wildman–Crippen LogP) is 4.82.